The third kappa shape index (κ3) is 3.97. The Balaban J connectivity index is 3.02. The second-order valence-corrected chi connectivity index (χ2v) is 4.06. The Hall–Kier alpha value is -2.06. The van der Waals surface area contributed by atoms with Gasteiger partial charge in [-0.15, -0.1) is 0 Å². The molecule has 0 radical (unpaired) electrons. The second-order valence-electron chi connectivity index (χ2n) is 4.06. The van der Waals surface area contributed by atoms with Crippen molar-refractivity contribution in [2.75, 3.05) is 18.5 Å². The van der Waals surface area contributed by atoms with Crippen LogP contribution in [0.25, 0.3) is 0 Å². The van der Waals surface area contributed by atoms with Crippen LogP contribution < -0.4 is 10.6 Å². The molecule has 0 atom stereocenters. The summed E-state index contributed by atoms with van der Waals surface area (Å²) in [6, 6.07) is 1.55. The quantitative estimate of drug-likeness (QED) is 0.295. The van der Waals surface area contributed by atoms with E-state index in [4.69, 9.17) is 10.9 Å². The minimum Gasteiger partial charge on any atom is -0.409 e. The maximum Gasteiger partial charge on any atom is 0.390 e. The molecule has 4 nitrogen and oxygen atoms in total. The fraction of sp³-hybridized carbons (Fsp3) is 0.364. The summed E-state index contributed by atoms with van der Waals surface area (Å²) in [5.74, 6) is -2.71. The van der Waals surface area contributed by atoms with Crippen molar-refractivity contribution in [1.29, 1.82) is 0 Å². The fourth-order valence-electron chi connectivity index (χ4n) is 1.54. The summed E-state index contributed by atoms with van der Waals surface area (Å²) in [6.07, 6.45) is -5.63. The van der Waals surface area contributed by atoms with Crippen LogP contribution in [-0.2, 0) is 0 Å². The lowest BCUT2D eigenvalue weighted by molar-refractivity contribution is -0.132. The molecule has 3 N–H and O–H groups in total. The van der Waals surface area contributed by atoms with Gasteiger partial charge in [-0.1, -0.05) is 5.16 Å². The molecule has 0 amide bonds. The molecule has 1 rings (SSSR count). The Morgan fingerprint density at radius 1 is 1.30 bits per heavy atom. The van der Waals surface area contributed by atoms with Crippen molar-refractivity contribution in [2.45, 2.75) is 12.6 Å². The number of amidine groups is 1. The summed E-state index contributed by atoms with van der Waals surface area (Å²) >= 11 is 0. The van der Waals surface area contributed by atoms with Gasteiger partial charge in [0.15, 0.2) is 5.84 Å². The predicted molar refractivity (Wildman–Crippen MR) is 62.8 cm³/mol. The smallest absolute Gasteiger partial charge is 0.390 e. The minimum absolute atomic E-state index is 0.213. The Kier molecular flexibility index (Phi) is 4.74. The molecule has 0 unspecified atom stereocenters. The zero-order valence-corrected chi connectivity index (χ0v) is 10.4. The molecule has 0 heterocycles. The zero-order valence-electron chi connectivity index (χ0n) is 10.4. The highest BCUT2D eigenvalue weighted by molar-refractivity contribution is 5.97. The molecule has 0 aliphatic heterocycles. The van der Waals surface area contributed by atoms with E-state index >= 15 is 0 Å². The van der Waals surface area contributed by atoms with Crippen molar-refractivity contribution in [3.05, 3.63) is 29.3 Å². The van der Waals surface area contributed by atoms with E-state index in [1.165, 1.54) is 0 Å². The van der Waals surface area contributed by atoms with Crippen molar-refractivity contribution in [3.8, 4) is 0 Å². The van der Waals surface area contributed by atoms with E-state index in [0.717, 1.165) is 24.1 Å². The van der Waals surface area contributed by atoms with Crippen LogP contribution in [0.4, 0.5) is 27.6 Å². The van der Waals surface area contributed by atoms with Crippen molar-refractivity contribution >= 4 is 11.5 Å². The van der Waals surface area contributed by atoms with Crippen LogP contribution >= 0.6 is 0 Å². The fourth-order valence-corrected chi connectivity index (χ4v) is 1.54. The van der Waals surface area contributed by atoms with E-state index in [2.05, 4.69) is 5.16 Å². The number of nitrogens with two attached hydrogens (primary N) is 1. The highest BCUT2D eigenvalue weighted by Gasteiger charge is 2.28. The summed E-state index contributed by atoms with van der Waals surface area (Å²) < 4.78 is 63.7. The third-order valence-electron chi connectivity index (χ3n) is 2.53. The first kappa shape index (κ1) is 16.0. The number of hydrogen-bond donors (Lipinski definition) is 2. The van der Waals surface area contributed by atoms with Crippen LogP contribution in [0.1, 0.15) is 12.0 Å². The number of hydrogen-bond acceptors (Lipinski definition) is 3. The highest BCUT2D eigenvalue weighted by atomic mass is 19.4. The van der Waals surface area contributed by atoms with Crippen LogP contribution in [0.2, 0.25) is 0 Å². The van der Waals surface area contributed by atoms with Gasteiger partial charge in [0.25, 0.3) is 0 Å². The molecule has 0 bridgehead atoms. The normalized spacial score (nSPS) is 12.6. The van der Waals surface area contributed by atoms with Crippen molar-refractivity contribution in [1.82, 2.24) is 0 Å². The number of anilines is 1. The summed E-state index contributed by atoms with van der Waals surface area (Å²) in [7, 11) is 1.14. The molecule has 9 heteroatoms. The first-order valence-corrected chi connectivity index (χ1v) is 5.40. The molecule has 0 aliphatic carbocycles. The van der Waals surface area contributed by atoms with Gasteiger partial charge in [-0.05, 0) is 12.1 Å². The number of rotatable bonds is 4. The van der Waals surface area contributed by atoms with E-state index in [-0.39, 0.29) is 5.56 Å². The summed E-state index contributed by atoms with van der Waals surface area (Å²) in [6.45, 7) is -0.597. The van der Waals surface area contributed by atoms with Gasteiger partial charge in [0.2, 0.25) is 0 Å². The van der Waals surface area contributed by atoms with E-state index in [1.807, 2.05) is 0 Å². The Morgan fingerprint density at radius 2 is 1.80 bits per heavy atom. The topological polar surface area (TPSA) is 61.8 Å². The standard InChI is InChI=1S/C11H12F5N3O/c1-19(3-2-11(14,15)16)9-7(12)4-6(5-8(9)13)10(17)18-20/h4-5,20H,2-3H2,1H3,(H2,17,18). The number of oxime groups is 1. The van der Waals surface area contributed by atoms with Crippen LogP contribution in [0.5, 0.6) is 0 Å². The van der Waals surface area contributed by atoms with Gasteiger partial charge in [-0.2, -0.15) is 13.2 Å². The molecule has 0 spiro atoms. The number of benzene rings is 1. The van der Waals surface area contributed by atoms with Gasteiger partial charge in [0.05, 0.1) is 6.42 Å². The predicted octanol–water partition coefficient (Wildman–Crippen LogP) is 2.45. The molecular formula is C11H12F5N3O. The molecule has 0 fully saturated rings. The third-order valence-corrected chi connectivity index (χ3v) is 2.53. The van der Waals surface area contributed by atoms with Crippen LogP contribution in [-0.4, -0.2) is 30.8 Å². The van der Waals surface area contributed by atoms with Gasteiger partial charge < -0.3 is 15.8 Å². The first-order chi connectivity index (χ1) is 9.15. The largest absolute Gasteiger partial charge is 0.409 e. The van der Waals surface area contributed by atoms with Crippen LogP contribution in [0.15, 0.2) is 17.3 Å². The molecule has 112 valence electrons. The molecule has 0 aromatic heterocycles. The van der Waals surface area contributed by atoms with Gasteiger partial charge in [-0.3, -0.25) is 0 Å². The molecule has 1 aromatic carbocycles. The summed E-state index contributed by atoms with van der Waals surface area (Å²) in [5, 5.41) is 11.0. The molecule has 1 aromatic rings. The zero-order chi connectivity index (χ0) is 15.5. The Bertz CT molecular complexity index is 492. The molecule has 20 heavy (non-hydrogen) atoms. The van der Waals surface area contributed by atoms with E-state index < -0.39 is 42.3 Å². The summed E-state index contributed by atoms with van der Waals surface area (Å²) in [5.41, 5.74) is 4.36. The lowest BCUT2D eigenvalue weighted by Crippen LogP contribution is -2.26. The van der Waals surface area contributed by atoms with Crippen molar-refractivity contribution in [2.24, 2.45) is 10.9 Å². The molecule has 0 saturated carbocycles. The average molecular weight is 297 g/mol. The lowest BCUT2D eigenvalue weighted by Gasteiger charge is -2.21. The SMILES string of the molecule is CN(CCC(F)(F)F)c1c(F)cc(C(N)=NO)cc1F. The summed E-state index contributed by atoms with van der Waals surface area (Å²) in [4.78, 5) is 0.814. The molecular weight excluding hydrogens is 285 g/mol. The Morgan fingerprint density at radius 3 is 2.20 bits per heavy atom. The van der Waals surface area contributed by atoms with Crippen LogP contribution in [0, 0.1) is 11.6 Å². The van der Waals surface area contributed by atoms with Gasteiger partial charge >= 0.3 is 6.18 Å². The van der Waals surface area contributed by atoms with Gasteiger partial charge in [0, 0.05) is 19.2 Å². The lowest BCUT2D eigenvalue weighted by atomic mass is 10.1. The van der Waals surface area contributed by atoms with Crippen LogP contribution in [0.3, 0.4) is 0 Å². The number of nitrogens with zero attached hydrogens (tertiary/aromatic N) is 2. The van der Waals surface area contributed by atoms with Crippen molar-refractivity contribution < 1.29 is 27.2 Å². The highest BCUT2D eigenvalue weighted by Crippen LogP contribution is 2.26. The second kappa shape index (κ2) is 5.93. The van der Waals surface area contributed by atoms with Gasteiger partial charge in [0.1, 0.15) is 17.3 Å². The van der Waals surface area contributed by atoms with E-state index in [1.54, 1.807) is 0 Å². The Labute approximate surface area is 111 Å². The maximum absolute atomic E-state index is 13.7. The van der Waals surface area contributed by atoms with E-state index in [9.17, 15) is 22.0 Å². The monoisotopic (exact) mass is 297 g/mol. The van der Waals surface area contributed by atoms with E-state index in [0.29, 0.717) is 0 Å². The number of halogens is 5. The molecule has 0 aliphatic rings. The maximum atomic E-state index is 13.7. The first-order valence-electron chi connectivity index (χ1n) is 5.40. The van der Waals surface area contributed by atoms with Crippen molar-refractivity contribution in [3.63, 3.8) is 0 Å². The minimum atomic E-state index is -4.42. The van der Waals surface area contributed by atoms with Gasteiger partial charge in [-0.25, -0.2) is 8.78 Å². The molecule has 0 saturated heterocycles. The average Bonchev–Trinajstić information content (AvgIpc) is 2.33. The number of alkyl halides is 3.